The molecule has 2 N–H and O–H groups in total. The van der Waals surface area contributed by atoms with Gasteiger partial charge in [0.2, 0.25) is 0 Å². The minimum Gasteiger partial charge on any atom is -0.466 e. The van der Waals surface area contributed by atoms with Crippen LogP contribution in [0.25, 0.3) is 22.6 Å². The molecule has 1 aliphatic rings. The lowest BCUT2D eigenvalue weighted by atomic mass is 9.79. The summed E-state index contributed by atoms with van der Waals surface area (Å²) in [7, 11) is 0. The Balaban J connectivity index is 1.67. The molecule has 1 unspecified atom stereocenters. The number of ether oxygens (including phenoxy) is 1. The smallest absolute Gasteiger partial charge is 0.307 e. The summed E-state index contributed by atoms with van der Waals surface area (Å²) in [4.78, 5) is 24.5. The van der Waals surface area contributed by atoms with Crippen molar-refractivity contribution in [1.29, 1.82) is 0 Å². The van der Waals surface area contributed by atoms with E-state index in [0.29, 0.717) is 11.0 Å². The van der Waals surface area contributed by atoms with Gasteiger partial charge < -0.3 is 10.1 Å². The van der Waals surface area contributed by atoms with Crippen LogP contribution in [0.5, 0.6) is 0 Å². The number of aromatic nitrogens is 5. The number of rotatable bonds is 7. The van der Waals surface area contributed by atoms with E-state index >= 15 is 0 Å². The Bertz CT molecular complexity index is 1100. The zero-order valence-corrected chi connectivity index (χ0v) is 17.4. The number of aromatic amines is 1. The van der Waals surface area contributed by atoms with E-state index in [1.165, 1.54) is 6.07 Å². The summed E-state index contributed by atoms with van der Waals surface area (Å²) in [5.41, 5.74) is 0.438. The molecule has 4 rings (SSSR count). The highest BCUT2D eigenvalue weighted by Crippen LogP contribution is 2.43. The van der Waals surface area contributed by atoms with Crippen LogP contribution in [-0.4, -0.2) is 43.8 Å². The Morgan fingerprint density at radius 2 is 2.06 bits per heavy atom. The number of hydrogen-bond acceptors (Lipinski definition) is 7. The molecule has 3 heterocycles. The zero-order chi connectivity index (χ0) is 22.0. The standard InChI is InChI=1S/C21H24F2N6O2/c1-3-31-16(30)9-15(21(2)6-4-5-7-21)26-19-14(23)11-25-20(27-19)17-13-8-12(22)10-24-18(13)29-28-17/h8,10-11,15H,3-7,9H2,1-2H3,(H,24,28,29)(H,25,26,27). The normalized spacial score (nSPS) is 16.4. The number of carbonyl (C=O) groups excluding carboxylic acids is 1. The molecule has 0 aromatic carbocycles. The monoisotopic (exact) mass is 430 g/mol. The van der Waals surface area contributed by atoms with Gasteiger partial charge in [0.15, 0.2) is 23.1 Å². The second kappa shape index (κ2) is 8.52. The molecule has 0 amide bonds. The molecular formula is C21H24F2N6O2. The van der Waals surface area contributed by atoms with Crippen molar-refractivity contribution in [2.75, 3.05) is 11.9 Å². The van der Waals surface area contributed by atoms with Gasteiger partial charge in [-0.05, 0) is 31.2 Å². The van der Waals surface area contributed by atoms with E-state index in [1.54, 1.807) is 6.92 Å². The molecule has 1 fully saturated rings. The molecule has 0 bridgehead atoms. The number of carbonyl (C=O) groups is 1. The molecule has 3 aromatic rings. The molecule has 1 saturated carbocycles. The van der Waals surface area contributed by atoms with Crippen molar-refractivity contribution in [3.8, 4) is 11.5 Å². The maximum absolute atomic E-state index is 14.6. The van der Waals surface area contributed by atoms with Gasteiger partial charge in [-0.2, -0.15) is 5.10 Å². The predicted octanol–water partition coefficient (Wildman–Crippen LogP) is 4.01. The van der Waals surface area contributed by atoms with Crippen molar-refractivity contribution < 1.29 is 18.3 Å². The minimum absolute atomic E-state index is 0.0343. The van der Waals surface area contributed by atoms with E-state index in [9.17, 15) is 13.6 Å². The van der Waals surface area contributed by atoms with Crippen LogP contribution in [0.3, 0.4) is 0 Å². The van der Waals surface area contributed by atoms with E-state index in [0.717, 1.165) is 38.1 Å². The molecule has 0 saturated heterocycles. The molecule has 1 aliphatic carbocycles. The topological polar surface area (TPSA) is 106 Å². The molecule has 3 aromatic heterocycles. The number of esters is 1. The van der Waals surface area contributed by atoms with Crippen LogP contribution < -0.4 is 5.32 Å². The van der Waals surface area contributed by atoms with E-state index < -0.39 is 11.6 Å². The van der Waals surface area contributed by atoms with Gasteiger partial charge in [-0.15, -0.1) is 0 Å². The van der Waals surface area contributed by atoms with E-state index in [4.69, 9.17) is 4.74 Å². The number of fused-ring (bicyclic) bond motifs is 1. The number of H-pyrrole nitrogens is 1. The van der Waals surface area contributed by atoms with Gasteiger partial charge in [0.05, 0.1) is 30.8 Å². The molecule has 8 nitrogen and oxygen atoms in total. The van der Waals surface area contributed by atoms with Crippen LogP contribution >= 0.6 is 0 Å². The molecule has 0 aliphatic heterocycles. The Morgan fingerprint density at radius 3 is 2.81 bits per heavy atom. The lowest BCUT2D eigenvalue weighted by Crippen LogP contribution is -2.39. The van der Waals surface area contributed by atoms with Crippen molar-refractivity contribution in [1.82, 2.24) is 25.1 Å². The first-order valence-corrected chi connectivity index (χ1v) is 10.3. The van der Waals surface area contributed by atoms with Gasteiger partial charge in [-0.3, -0.25) is 9.89 Å². The van der Waals surface area contributed by atoms with Crippen LogP contribution in [0, 0.1) is 17.0 Å². The largest absolute Gasteiger partial charge is 0.466 e. The number of nitrogens with one attached hydrogen (secondary N) is 2. The first-order chi connectivity index (χ1) is 14.9. The van der Waals surface area contributed by atoms with Crippen molar-refractivity contribution in [2.24, 2.45) is 5.41 Å². The molecule has 0 radical (unpaired) electrons. The molecule has 31 heavy (non-hydrogen) atoms. The number of nitrogens with zero attached hydrogens (tertiary/aromatic N) is 4. The summed E-state index contributed by atoms with van der Waals surface area (Å²) in [5, 5.41) is 10.3. The molecule has 10 heteroatoms. The number of pyridine rings is 1. The highest BCUT2D eigenvalue weighted by Gasteiger charge is 2.39. The first kappa shape index (κ1) is 21.1. The van der Waals surface area contributed by atoms with E-state index in [-0.39, 0.29) is 47.8 Å². The van der Waals surface area contributed by atoms with Gasteiger partial charge in [0.1, 0.15) is 11.5 Å². The first-order valence-electron chi connectivity index (χ1n) is 10.3. The molecule has 0 spiro atoms. The summed E-state index contributed by atoms with van der Waals surface area (Å²) in [6, 6.07) is 0.908. The Labute approximate surface area is 177 Å². The van der Waals surface area contributed by atoms with Crippen molar-refractivity contribution in [3.05, 3.63) is 30.1 Å². The maximum Gasteiger partial charge on any atom is 0.307 e. The van der Waals surface area contributed by atoms with Crippen LogP contribution in [-0.2, 0) is 9.53 Å². The van der Waals surface area contributed by atoms with Crippen molar-refractivity contribution >= 4 is 22.8 Å². The fraction of sp³-hybridized carbons (Fsp3) is 0.476. The molecule has 1 atom stereocenters. The van der Waals surface area contributed by atoms with Gasteiger partial charge in [0.25, 0.3) is 0 Å². The Hall–Kier alpha value is -3.17. The second-order valence-corrected chi connectivity index (χ2v) is 8.08. The second-order valence-electron chi connectivity index (χ2n) is 8.08. The third-order valence-electron chi connectivity index (χ3n) is 5.91. The lowest BCUT2D eigenvalue weighted by molar-refractivity contribution is -0.144. The van der Waals surface area contributed by atoms with Gasteiger partial charge >= 0.3 is 5.97 Å². The van der Waals surface area contributed by atoms with Gasteiger partial charge in [0, 0.05) is 6.04 Å². The SMILES string of the molecule is CCOC(=O)CC(Nc1nc(-c2n[nH]c3ncc(F)cc23)ncc1F)C1(C)CCCC1. The third-order valence-corrected chi connectivity index (χ3v) is 5.91. The van der Waals surface area contributed by atoms with Crippen LogP contribution in [0.4, 0.5) is 14.6 Å². The average molecular weight is 430 g/mol. The fourth-order valence-electron chi connectivity index (χ4n) is 4.19. The highest BCUT2D eigenvalue weighted by molar-refractivity contribution is 5.88. The fourth-order valence-corrected chi connectivity index (χ4v) is 4.19. The maximum atomic E-state index is 14.6. The Kier molecular flexibility index (Phi) is 5.79. The quantitative estimate of drug-likeness (QED) is 0.546. The number of anilines is 1. The van der Waals surface area contributed by atoms with Gasteiger partial charge in [-0.1, -0.05) is 19.8 Å². The van der Waals surface area contributed by atoms with Crippen LogP contribution in [0.2, 0.25) is 0 Å². The summed E-state index contributed by atoms with van der Waals surface area (Å²) < 4.78 is 33.4. The number of hydrogen-bond donors (Lipinski definition) is 2. The zero-order valence-electron chi connectivity index (χ0n) is 17.4. The van der Waals surface area contributed by atoms with E-state index in [2.05, 4.69) is 37.4 Å². The third kappa shape index (κ3) is 4.33. The Morgan fingerprint density at radius 1 is 1.29 bits per heavy atom. The van der Waals surface area contributed by atoms with Crippen molar-refractivity contribution in [3.63, 3.8) is 0 Å². The highest BCUT2D eigenvalue weighted by atomic mass is 19.1. The van der Waals surface area contributed by atoms with Crippen LogP contribution in [0.15, 0.2) is 18.5 Å². The minimum atomic E-state index is -0.650. The van der Waals surface area contributed by atoms with Crippen LogP contribution in [0.1, 0.15) is 46.0 Å². The summed E-state index contributed by atoms with van der Waals surface area (Å²) >= 11 is 0. The average Bonchev–Trinajstić information content (AvgIpc) is 3.36. The van der Waals surface area contributed by atoms with E-state index in [1.807, 2.05) is 0 Å². The molecular weight excluding hydrogens is 406 g/mol. The van der Waals surface area contributed by atoms with Crippen molar-refractivity contribution in [2.45, 2.75) is 52.0 Å². The van der Waals surface area contributed by atoms with Gasteiger partial charge in [-0.25, -0.2) is 23.7 Å². The lowest BCUT2D eigenvalue weighted by Gasteiger charge is -2.34. The summed E-state index contributed by atoms with van der Waals surface area (Å²) in [6.07, 6.45) is 6.14. The predicted molar refractivity (Wildman–Crippen MR) is 110 cm³/mol. The number of halogens is 2. The summed E-state index contributed by atoms with van der Waals surface area (Å²) in [6.45, 7) is 4.12. The molecule has 164 valence electrons. The summed E-state index contributed by atoms with van der Waals surface area (Å²) in [5.74, 6) is -1.44.